The van der Waals surface area contributed by atoms with Gasteiger partial charge in [-0.15, -0.1) is 0 Å². The number of nitrogens with one attached hydrogen (secondary N) is 2. The Hall–Kier alpha value is -2.50. The minimum Gasteiger partial charge on any atom is -0.332 e. The predicted octanol–water partition coefficient (Wildman–Crippen LogP) is 4.69. The molecule has 1 amide bonds. The van der Waals surface area contributed by atoms with Gasteiger partial charge in [0.05, 0.1) is 11.4 Å². The van der Waals surface area contributed by atoms with Gasteiger partial charge in [-0.1, -0.05) is 54.1 Å². The molecule has 0 atom stereocenters. The van der Waals surface area contributed by atoms with Gasteiger partial charge >= 0.3 is 0 Å². The molecule has 0 saturated carbocycles. The number of carbonyl (C=O) groups is 1. The van der Waals surface area contributed by atoms with Gasteiger partial charge in [-0.05, 0) is 46.8 Å². The molecule has 0 aliphatic heterocycles. The molecule has 0 fully saturated rings. The standard InChI is InChI=1S/C19H14ClFN2OS/c20-16-11-14(8-9-17(16)21)22-19(25)23-18(24)10-13-6-3-5-12-4-1-2-7-15(12)13/h1-9,11H,10H2,(H2,22,23,24,25). The molecule has 0 bridgehead atoms. The van der Waals surface area contributed by atoms with Crippen molar-refractivity contribution in [1.82, 2.24) is 5.32 Å². The van der Waals surface area contributed by atoms with Crippen molar-refractivity contribution < 1.29 is 9.18 Å². The zero-order chi connectivity index (χ0) is 17.8. The van der Waals surface area contributed by atoms with E-state index in [1.807, 2.05) is 42.5 Å². The number of halogens is 2. The molecule has 0 radical (unpaired) electrons. The largest absolute Gasteiger partial charge is 0.332 e. The molecule has 3 nitrogen and oxygen atoms in total. The normalized spacial score (nSPS) is 10.5. The van der Waals surface area contributed by atoms with Gasteiger partial charge in [-0.2, -0.15) is 0 Å². The first-order chi connectivity index (χ1) is 12.0. The van der Waals surface area contributed by atoms with Gasteiger partial charge in [0.25, 0.3) is 0 Å². The average Bonchev–Trinajstić information content (AvgIpc) is 2.58. The smallest absolute Gasteiger partial charge is 0.230 e. The molecule has 3 rings (SSSR count). The molecule has 6 heteroatoms. The molecule has 0 saturated heterocycles. The van der Waals surface area contributed by atoms with Gasteiger partial charge in [-0.25, -0.2) is 4.39 Å². The highest BCUT2D eigenvalue weighted by Crippen LogP contribution is 2.20. The Morgan fingerprint density at radius 3 is 2.64 bits per heavy atom. The molecule has 0 heterocycles. The molecule has 0 aliphatic rings. The summed E-state index contributed by atoms with van der Waals surface area (Å²) in [6.45, 7) is 0. The van der Waals surface area contributed by atoms with Crippen LogP contribution in [0.25, 0.3) is 10.8 Å². The third-order valence-corrected chi connectivity index (χ3v) is 4.16. The number of hydrogen-bond donors (Lipinski definition) is 2. The molecule has 25 heavy (non-hydrogen) atoms. The van der Waals surface area contributed by atoms with Crippen molar-refractivity contribution in [3.63, 3.8) is 0 Å². The van der Waals surface area contributed by atoms with Crippen LogP contribution in [-0.4, -0.2) is 11.0 Å². The zero-order valence-corrected chi connectivity index (χ0v) is 14.6. The van der Waals surface area contributed by atoms with Crippen LogP contribution < -0.4 is 10.6 Å². The van der Waals surface area contributed by atoms with Crippen LogP contribution in [0.15, 0.2) is 60.7 Å². The number of fused-ring (bicyclic) bond motifs is 1. The average molecular weight is 373 g/mol. The van der Waals surface area contributed by atoms with E-state index in [1.54, 1.807) is 0 Å². The third kappa shape index (κ3) is 4.32. The van der Waals surface area contributed by atoms with Crippen molar-refractivity contribution in [3.8, 4) is 0 Å². The monoisotopic (exact) mass is 372 g/mol. The van der Waals surface area contributed by atoms with E-state index in [-0.39, 0.29) is 22.5 Å². The number of rotatable bonds is 3. The SMILES string of the molecule is O=C(Cc1cccc2ccccc12)NC(=S)Nc1ccc(F)c(Cl)c1. The maximum atomic E-state index is 13.2. The first kappa shape index (κ1) is 17.3. The van der Waals surface area contributed by atoms with Crippen LogP contribution in [0.2, 0.25) is 5.02 Å². The van der Waals surface area contributed by atoms with Crippen LogP contribution in [-0.2, 0) is 11.2 Å². The molecule has 2 N–H and O–H groups in total. The summed E-state index contributed by atoms with van der Waals surface area (Å²) in [6.07, 6.45) is 0.202. The number of thiocarbonyl (C=S) groups is 1. The second-order valence-electron chi connectivity index (χ2n) is 5.45. The van der Waals surface area contributed by atoms with Gasteiger partial charge < -0.3 is 10.6 Å². The van der Waals surface area contributed by atoms with E-state index >= 15 is 0 Å². The maximum absolute atomic E-state index is 13.2. The van der Waals surface area contributed by atoms with E-state index in [0.717, 1.165) is 16.3 Å². The van der Waals surface area contributed by atoms with E-state index in [1.165, 1.54) is 18.2 Å². The van der Waals surface area contributed by atoms with Crippen LogP contribution >= 0.6 is 23.8 Å². The van der Waals surface area contributed by atoms with Crippen molar-refractivity contribution in [2.24, 2.45) is 0 Å². The lowest BCUT2D eigenvalue weighted by Gasteiger charge is -2.11. The lowest BCUT2D eigenvalue weighted by atomic mass is 10.0. The summed E-state index contributed by atoms with van der Waals surface area (Å²) in [7, 11) is 0. The number of carbonyl (C=O) groups excluding carboxylic acids is 1. The van der Waals surface area contributed by atoms with Gasteiger partial charge in [0, 0.05) is 5.69 Å². The molecule has 3 aromatic carbocycles. The highest BCUT2D eigenvalue weighted by molar-refractivity contribution is 7.80. The Balaban J connectivity index is 1.65. The van der Waals surface area contributed by atoms with E-state index in [9.17, 15) is 9.18 Å². The number of hydrogen-bond acceptors (Lipinski definition) is 2. The van der Waals surface area contributed by atoms with Gasteiger partial charge in [0.15, 0.2) is 5.11 Å². The number of benzene rings is 3. The lowest BCUT2D eigenvalue weighted by molar-refractivity contribution is -0.119. The minimum atomic E-state index is -0.516. The van der Waals surface area contributed by atoms with Crippen molar-refractivity contribution >= 4 is 51.3 Å². The lowest BCUT2D eigenvalue weighted by Crippen LogP contribution is -2.35. The Morgan fingerprint density at radius 2 is 1.84 bits per heavy atom. The molecule has 0 unspecified atom stereocenters. The summed E-state index contributed by atoms with van der Waals surface area (Å²) in [5, 5.41) is 7.66. The summed E-state index contributed by atoms with van der Waals surface area (Å²) in [5.74, 6) is -0.750. The summed E-state index contributed by atoms with van der Waals surface area (Å²) in [5.41, 5.74) is 1.42. The van der Waals surface area contributed by atoms with Crippen LogP contribution in [0.4, 0.5) is 10.1 Å². The van der Waals surface area contributed by atoms with E-state index in [4.69, 9.17) is 23.8 Å². The fraction of sp³-hybridized carbons (Fsp3) is 0.0526. The Morgan fingerprint density at radius 1 is 1.08 bits per heavy atom. The minimum absolute atomic E-state index is 0.0186. The van der Waals surface area contributed by atoms with Crippen molar-refractivity contribution in [3.05, 3.63) is 77.1 Å². The van der Waals surface area contributed by atoms with Crippen LogP contribution in [0.1, 0.15) is 5.56 Å². The van der Waals surface area contributed by atoms with Crippen molar-refractivity contribution in [2.75, 3.05) is 5.32 Å². The summed E-state index contributed by atoms with van der Waals surface area (Å²) < 4.78 is 13.2. The summed E-state index contributed by atoms with van der Waals surface area (Å²) >= 11 is 10.8. The molecule has 3 aromatic rings. The maximum Gasteiger partial charge on any atom is 0.230 e. The second kappa shape index (κ2) is 7.59. The quantitative estimate of drug-likeness (QED) is 0.655. The second-order valence-corrected chi connectivity index (χ2v) is 6.26. The first-order valence-electron chi connectivity index (χ1n) is 7.55. The summed E-state index contributed by atoms with van der Waals surface area (Å²) in [4.78, 5) is 12.3. The first-order valence-corrected chi connectivity index (χ1v) is 8.34. The highest BCUT2D eigenvalue weighted by Gasteiger charge is 2.09. The van der Waals surface area contributed by atoms with Crippen molar-refractivity contribution in [2.45, 2.75) is 6.42 Å². The fourth-order valence-electron chi connectivity index (χ4n) is 2.53. The molecular weight excluding hydrogens is 359 g/mol. The Bertz CT molecular complexity index is 956. The van der Waals surface area contributed by atoms with Gasteiger partial charge in [-0.3, -0.25) is 4.79 Å². The van der Waals surface area contributed by atoms with E-state index < -0.39 is 5.82 Å². The topological polar surface area (TPSA) is 41.1 Å². The van der Waals surface area contributed by atoms with E-state index in [0.29, 0.717) is 5.69 Å². The molecule has 126 valence electrons. The molecule has 0 aliphatic carbocycles. The molecular formula is C19H14ClFN2OS. The Labute approximate surface area is 154 Å². The van der Waals surface area contributed by atoms with Gasteiger partial charge in [0.1, 0.15) is 5.82 Å². The molecule has 0 aromatic heterocycles. The van der Waals surface area contributed by atoms with Crippen molar-refractivity contribution in [1.29, 1.82) is 0 Å². The fourth-order valence-corrected chi connectivity index (χ4v) is 2.94. The highest BCUT2D eigenvalue weighted by atomic mass is 35.5. The summed E-state index contributed by atoms with van der Waals surface area (Å²) in [6, 6.07) is 17.8. The predicted molar refractivity (Wildman–Crippen MR) is 103 cm³/mol. The Kier molecular flexibility index (Phi) is 5.26. The van der Waals surface area contributed by atoms with Crippen LogP contribution in [0.5, 0.6) is 0 Å². The number of amides is 1. The third-order valence-electron chi connectivity index (χ3n) is 3.66. The van der Waals surface area contributed by atoms with E-state index in [2.05, 4.69) is 10.6 Å². The zero-order valence-electron chi connectivity index (χ0n) is 13.1. The van der Waals surface area contributed by atoms with Crippen LogP contribution in [0.3, 0.4) is 0 Å². The molecule has 0 spiro atoms. The van der Waals surface area contributed by atoms with Gasteiger partial charge in [0.2, 0.25) is 5.91 Å². The number of anilines is 1. The van der Waals surface area contributed by atoms with Crippen LogP contribution in [0, 0.1) is 5.82 Å².